The Morgan fingerprint density at radius 3 is 2.31 bits per heavy atom. The summed E-state index contributed by atoms with van der Waals surface area (Å²) in [5.74, 6) is 0.432. The first-order valence-corrected chi connectivity index (χ1v) is 4.93. The molecule has 2 rings (SSSR count). The quantitative estimate of drug-likeness (QED) is 0.733. The summed E-state index contributed by atoms with van der Waals surface area (Å²) in [5, 5.41) is 0.841. The molecule has 1 aromatic carbocycles. The minimum absolute atomic E-state index is 0.213. The number of hydrogen-bond donors (Lipinski definition) is 1. The summed E-state index contributed by atoms with van der Waals surface area (Å²) in [6.45, 7) is 4.37. The molecular weight excluding hydrogens is 182 g/mol. The van der Waals surface area contributed by atoms with Gasteiger partial charge >= 0.3 is 0 Å². The van der Waals surface area contributed by atoms with Gasteiger partial charge in [-0.15, -0.1) is 0 Å². The zero-order chi connectivity index (χ0) is 9.64. The maximum absolute atomic E-state index is 6.10. The van der Waals surface area contributed by atoms with Crippen molar-refractivity contribution in [1.29, 1.82) is 0 Å². The summed E-state index contributed by atoms with van der Waals surface area (Å²) < 4.78 is 0. The number of nitrogens with two attached hydrogens (primary N) is 1. The highest BCUT2D eigenvalue weighted by Crippen LogP contribution is 2.58. The largest absolute Gasteiger partial charge is 0.327 e. The third kappa shape index (κ3) is 1.27. The second kappa shape index (κ2) is 2.73. The molecule has 70 valence electrons. The van der Waals surface area contributed by atoms with Crippen molar-refractivity contribution in [1.82, 2.24) is 0 Å². The highest BCUT2D eigenvalue weighted by molar-refractivity contribution is 6.31. The summed E-state index contributed by atoms with van der Waals surface area (Å²) in [7, 11) is 0. The Morgan fingerprint density at radius 2 is 1.85 bits per heavy atom. The van der Waals surface area contributed by atoms with Crippen molar-refractivity contribution in [2.75, 3.05) is 0 Å². The number of rotatable bonds is 1. The Labute approximate surface area is 83.9 Å². The standard InChI is InChI=1S/C11H14ClN/c1-11(2)9(10(11)13)7-5-3-4-6-8(7)12/h3-6,9-10H,13H2,1-2H3. The predicted molar refractivity (Wildman–Crippen MR) is 55.9 cm³/mol. The number of halogens is 1. The number of benzene rings is 1. The van der Waals surface area contributed by atoms with E-state index in [4.69, 9.17) is 17.3 Å². The van der Waals surface area contributed by atoms with E-state index < -0.39 is 0 Å². The van der Waals surface area contributed by atoms with Crippen molar-refractivity contribution >= 4 is 11.6 Å². The molecule has 1 aliphatic carbocycles. The van der Waals surface area contributed by atoms with Gasteiger partial charge in [0, 0.05) is 17.0 Å². The maximum atomic E-state index is 6.10. The molecular formula is C11H14ClN. The van der Waals surface area contributed by atoms with Crippen LogP contribution in [0.2, 0.25) is 5.02 Å². The van der Waals surface area contributed by atoms with Crippen molar-refractivity contribution < 1.29 is 0 Å². The van der Waals surface area contributed by atoms with Crippen LogP contribution in [0.15, 0.2) is 24.3 Å². The molecule has 2 atom stereocenters. The fourth-order valence-electron chi connectivity index (χ4n) is 2.00. The van der Waals surface area contributed by atoms with Crippen LogP contribution in [0.25, 0.3) is 0 Å². The Morgan fingerprint density at radius 1 is 1.31 bits per heavy atom. The smallest absolute Gasteiger partial charge is 0.0441 e. The van der Waals surface area contributed by atoms with E-state index in [0.717, 1.165) is 5.02 Å². The van der Waals surface area contributed by atoms with Gasteiger partial charge in [-0.1, -0.05) is 43.6 Å². The van der Waals surface area contributed by atoms with E-state index in [1.807, 2.05) is 18.2 Å². The van der Waals surface area contributed by atoms with Gasteiger partial charge < -0.3 is 5.73 Å². The second-order valence-corrected chi connectivity index (χ2v) is 4.75. The Balaban J connectivity index is 2.34. The lowest BCUT2D eigenvalue weighted by Crippen LogP contribution is -2.06. The van der Waals surface area contributed by atoms with Crippen LogP contribution in [-0.4, -0.2) is 6.04 Å². The monoisotopic (exact) mass is 195 g/mol. The van der Waals surface area contributed by atoms with Crippen LogP contribution in [0.3, 0.4) is 0 Å². The van der Waals surface area contributed by atoms with Gasteiger partial charge in [-0.3, -0.25) is 0 Å². The minimum atomic E-state index is 0.213. The molecule has 1 aliphatic rings. The van der Waals surface area contributed by atoms with Crippen molar-refractivity contribution in [3.63, 3.8) is 0 Å². The van der Waals surface area contributed by atoms with E-state index in [1.54, 1.807) is 0 Å². The van der Waals surface area contributed by atoms with E-state index >= 15 is 0 Å². The van der Waals surface area contributed by atoms with Crippen molar-refractivity contribution in [2.24, 2.45) is 11.1 Å². The van der Waals surface area contributed by atoms with Crippen LogP contribution in [0.5, 0.6) is 0 Å². The van der Waals surface area contributed by atoms with Crippen LogP contribution in [0, 0.1) is 5.41 Å². The molecule has 1 aromatic rings. The molecule has 0 amide bonds. The third-order valence-electron chi connectivity index (χ3n) is 3.15. The Hall–Kier alpha value is -0.530. The van der Waals surface area contributed by atoms with Gasteiger partial charge in [-0.05, 0) is 17.0 Å². The lowest BCUT2D eigenvalue weighted by Gasteiger charge is -2.04. The second-order valence-electron chi connectivity index (χ2n) is 4.35. The normalized spacial score (nSPS) is 30.2. The summed E-state index contributed by atoms with van der Waals surface area (Å²) in [4.78, 5) is 0. The SMILES string of the molecule is CC1(C)C(N)C1c1ccccc1Cl. The van der Waals surface area contributed by atoms with E-state index in [1.165, 1.54) is 5.56 Å². The molecule has 0 saturated heterocycles. The van der Waals surface area contributed by atoms with Crippen LogP contribution < -0.4 is 5.73 Å². The molecule has 1 nitrogen and oxygen atoms in total. The molecule has 0 spiro atoms. The Kier molecular flexibility index (Phi) is 1.90. The predicted octanol–water partition coefficient (Wildman–Crippen LogP) is 2.79. The van der Waals surface area contributed by atoms with Crippen molar-refractivity contribution in [3.05, 3.63) is 34.9 Å². The van der Waals surface area contributed by atoms with Crippen LogP contribution in [0.4, 0.5) is 0 Å². The van der Waals surface area contributed by atoms with Crippen LogP contribution in [0.1, 0.15) is 25.3 Å². The van der Waals surface area contributed by atoms with Gasteiger partial charge in [-0.25, -0.2) is 0 Å². The van der Waals surface area contributed by atoms with E-state index in [2.05, 4.69) is 19.9 Å². The van der Waals surface area contributed by atoms with E-state index in [9.17, 15) is 0 Å². The lowest BCUT2D eigenvalue weighted by atomic mass is 10.0. The number of hydrogen-bond acceptors (Lipinski definition) is 1. The molecule has 13 heavy (non-hydrogen) atoms. The molecule has 0 bridgehead atoms. The molecule has 2 heteroatoms. The van der Waals surface area contributed by atoms with Gasteiger partial charge in [0.2, 0.25) is 0 Å². The van der Waals surface area contributed by atoms with Crippen LogP contribution >= 0.6 is 11.6 Å². The van der Waals surface area contributed by atoms with Crippen molar-refractivity contribution in [2.45, 2.75) is 25.8 Å². The fraction of sp³-hybridized carbons (Fsp3) is 0.455. The molecule has 0 aromatic heterocycles. The third-order valence-corrected chi connectivity index (χ3v) is 3.50. The first-order valence-electron chi connectivity index (χ1n) is 4.55. The van der Waals surface area contributed by atoms with Gasteiger partial charge in [0.25, 0.3) is 0 Å². The average molecular weight is 196 g/mol. The summed E-state index contributed by atoms with van der Waals surface area (Å²) in [5.41, 5.74) is 7.40. The van der Waals surface area contributed by atoms with Crippen molar-refractivity contribution in [3.8, 4) is 0 Å². The van der Waals surface area contributed by atoms with E-state index in [0.29, 0.717) is 5.92 Å². The summed E-state index contributed by atoms with van der Waals surface area (Å²) in [6.07, 6.45) is 0. The molecule has 1 saturated carbocycles. The van der Waals surface area contributed by atoms with Gasteiger partial charge in [0.15, 0.2) is 0 Å². The molecule has 2 N–H and O–H groups in total. The van der Waals surface area contributed by atoms with E-state index in [-0.39, 0.29) is 11.5 Å². The topological polar surface area (TPSA) is 26.0 Å². The molecule has 0 radical (unpaired) electrons. The molecule has 1 fully saturated rings. The van der Waals surface area contributed by atoms with Gasteiger partial charge in [0.05, 0.1) is 0 Å². The zero-order valence-electron chi connectivity index (χ0n) is 7.92. The van der Waals surface area contributed by atoms with Gasteiger partial charge in [-0.2, -0.15) is 0 Å². The highest BCUT2D eigenvalue weighted by Gasteiger charge is 2.56. The summed E-state index contributed by atoms with van der Waals surface area (Å²) in [6, 6.07) is 8.22. The lowest BCUT2D eigenvalue weighted by molar-refractivity contribution is 0.599. The molecule has 0 aliphatic heterocycles. The molecule has 2 unspecified atom stereocenters. The zero-order valence-corrected chi connectivity index (χ0v) is 8.68. The van der Waals surface area contributed by atoms with Crippen LogP contribution in [-0.2, 0) is 0 Å². The molecule has 0 heterocycles. The highest BCUT2D eigenvalue weighted by atomic mass is 35.5. The van der Waals surface area contributed by atoms with Gasteiger partial charge in [0.1, 0.15) is 0 Å². The Bertz CT molecular complexity index is 333. The fourth-order valence-corrected chi connectivity index (χ4v) is 2.25. The minimum Gasteiger partial charge on any atom is -0.327 e. The average Bonchev–Trinajstić information content (AvgIpc) is 2.54. The first-order chi connectivity index (χ1) is 6.05. The summed E-state index contributed by atoms with van der Waals surface area (Å²) >= 11 is 6.10. The maximum Gasteiger partial charge on any atom is 0.0441 e. The first kappa shape index (κ1) is 9.04.